The van der Waals surface area contributed by atoms with Gasteiger partial charge in [-0.3, -0.25) is 19.5 Å². The topological polar surface area (TPSA) is 78.9 Å². The van der Waals surface area contributed by atoms with Crippen LogP contribution in [0.25, 0.3) is 0 Å². The molecule has 8 heteroatoms. The number of hydrogen-bond donors (Lipinski definition) is 0. The molecule has 0 bridgehead atoms. The van der Waals surface area contributed by atoms with E-state index in [2.05, 4.69) is 19.8 Å². The van der Waals surface area contributed by atoms with Gasteiger partial charge in [0, 0.05) is 76.8 Å². The maximum Gasteiger partial charge on any atom is 0.273 e. The van der Waals surface area contributed by atoms with E-state index in [1.807, 2.05) is 7.05 Å². The standard InChI is InChI=1S/C21H31N5O3/c1-24(21(28)19-14-22-7-8-23-19)10-11-26(17-5-12-29-13-6-17)18-4-9-25(15-18)20(27)16-2-3-16/h7-8,14,16-18H,2-6,9-13,15H2,1H3. The fourth-order valence-corrected chi connectivity index (χ4v) is 4.45. The van der Waals surface area contributed by atoms with Crippen molar-refractivity contribution in [1.29, 1.82) is 0 Å². The molecule has 2 amide bonds. The first-order chi connectivity index (χ1) is 14.1. The third-order valence-corrected chi connectivity index (χ3v) is 6.35. The lowest BCUT2D eigenvalue weighted by atomic mass is 10.0. The summed E-state index contributed by atoms with van der Waals surface area (Å²) in [6.45, 7) is 4.66. The maximum atomic E-state index is 12.6. The Bertz CT molecular complexity index is 706. The van der Waals surface area contributed by atoms with Crippen molar-refractivity contribution in [2.45, 2.75) is 44.2 Å². The minimum Gasteiger partial charge on any atom is -0.381 e. The van der Waals surface area contributed by atoms with E-state index in [1.54, 1.807) is 17.3 Å². The van der Waals surface area contributed by atoms with Crippen LogP contribution in [0.15, 0.2) is 18.6 Å². The predicted octanol–water partition coefficient (Wildman–Crippen LogP) is 1.04. The van der Waals surface area contributed by atoms with E-state index in [4.69, 9.17) is 4.74 Å². The van der Waals surface area contributed by atoms with Gasteiger partial charge in [-0.2, -0.15) is 0 Å². The Kier molecular flexibility index (Phi) is 6.40. The van der Waals surface area contributed by atoms with Crippen molar-refractivity contribution in [3.8, 4) is 0 Å². The fraction of sp³-hybridized carbons (Fsp3) is 0.714. The van der Waals surface area contributed by atoms with E-state index >= 15 is 0 Å². The first kappa shape index (κ1) is 20.2. The van der Waals surface area contributed by atoms with Crippen molar-refractivity contribution in [2.24, 2.45) is 5.92 Å². The van der Waals surface area contributed by atoms with E-state index in [0.29, 0.717) is 30.2 Å². The lowest BCUT2D eigenvalue weighted by Crippen LogP contribution is -2.50. The van der Waals surface area contributed by atoms with Crippen LogP contribution in [-0.4, -0.2) is 95.0 Å². The number of carbonyl (C=O) groups excluding carboxylic acids is 2. The summed E-state index contributed by atoms with van der Waals surface area (Å²) in [5.41, 5.74) is 0.370. The van der Waals surface area contributed by atoms with Crippen LogP contribution in [0.2, 0.25) is 0 Å². The van der Waals surface area contributed by atoms with E-state index in [0.717, 1.165) is 65.0 Å². The largest absolute Gasteiger partial charge is 0.381 e. The lowest BCUT2D eigenvalue weighted by molar-refractivity contribution is -0.131. The number of carbonyl (C=O) groups is 2. The van der Waals surface area contributed by atoms with Crippen LogP contribution < -0.4 is 0 Å². The Hall–Kier alpha value is -2.06. The molecule has 2 saturated heterocycles. The summed E-state index contributed by atoms with van der Waals surface area (Å²) in [5, 5.41) is 0. The highest BCUT2D eigenvalue weighted by atomic mass is 16.5. The fourth-order valence-electron chi connectivity index (χ4n) is 4.45. The summed E-state index contributed by atoms with van der Waals surface area (Å²) >= 11 is 0. The second kappa shape index (κ2) is 9.17. The van der Waals surface area contributed by atoms with Crippen molar-refractivity contribution in [3.63, 3.8) is 0 Å². The average Bonchev–Trinajstić information content (AvgIpc) is 3.51. The highest BCUT2D eigenvalue weighted by Crippen LogP contribution is 2.33. The van der Waals surface area contributed by atoms with Crippen LogP contribution in [0.5, 0.6) is 0 Å². The van der Waals surface area contributed by atoms with E-state index < -0.39 is 0 Å². The second-order valence-electron chi connectivity index (χ2n) is 8.40. The first-order valence-corrected chi connectivity index (χ1v) is 10.8. The average molecular weight is 402 g/mol. The van der Waals surface area contributed by atoms with Crippen molar-refractivity contribution in [2.75, 3.05) is 46.4 Å². The van der Waals surface area contributed by atoms with Crippen LogP contribution in [0, 0.1) is 5.92 Å². The maximum absolute atomic E-state index is 12.6. The van der Waals surface area contributed by atoms with Gasteiger partial charge in [0.25, 0.3) is 5.91 Å². The molecule has 1 aliphatic carbocycles. The van der Waals surface area contributed by atoms with Gasteiger partial charge >= 0.3 is 0 Å². The SMILES string of the molecule is CN(CCN(C1CCOCC1)C1CCN(C(=O)C2CC2)C1)C(=O)c1cnccn1. The molecule has 158 valence electrons. The van der Waals surface area contributed by atoms with Gasteiger partial charge in [0.05, 0.1) is 6.20 Å². The molecular formula is C21H31N5O3. The first-order valence-electron chi connectivity index (χ1n) is 10.8. The van der Waals surface area contributed by atoms with E-state index in [9.17, 15) is 9.59 Å². The summed E-state index contributed by atoms with van der Waals surface area (Å²) in [5.74, 6) is 0.511. The van der Waals surface area contributed by atoms with Gasteiger partial charge in [-0.15, -0.1) is 0 Å². The number of likely N-dealkylation sites (tertiary alicyclic amines) is 1. The molecule has 2 aliphatic heterocycles. The molecule has 0 radical (unpaired) electrons. The molecule has 8 nitrogen and oxygen atoms in total. The Morgan fingerprint density at radius 2 is 1.90 bits per heavy atom. The lowest BCUT2D eigenvalue weighted by Gasteiger charge is -2.39. The van der Waals surface area contributed by atoms with Crippen molar-refractivity contribution >= 4 is 11.8 Å². The van der Waals surface area contributed by atoms with Crippen LogP contribution in [0.1, 0.15) is 42.6 Å². The van der Waals surface area contributed by atoms with Crippen molar-refractivity contribution < 1.29 is 14.3 Å². The number of rotatable bonds is 7. The molecule has 0 N–H and O–H groups in total. The molecule has 1 aromatic rings. The number of aromatic nitrogens is 2. The third-order valence-electron chi connectivity index (χ3n) is 6.35. The van der Waals surface area contributed by atoms with Gasteiger partial charge in [-0.1, -0.05) is 0 Å². The summed E-state index contributed by atoms with van der Waals surface area (Å²) < 4.78 is 5.56. The molecule has 1 saturated carbocycles. The molecule has 3 heterocycles. The Balaban J connectivity index is 1.38. The van der Waals surface area contributed by atoms with E-state index in [1.165, 1.54) is 6.20 Å². The molecule has 3 fully saturated rings. The molecule has 0 spiro atoms. The van der Waals surface area contributed by atoms with Crippen LogP contribution in [0.3, 0.4) is 0 Å². The monoisotopic (exact) mass is 401 g/mol. The minimum absolute atomic E-state index is 0.109. The predicted molar refractivity (Wildman–Crippen MR) is 107 cm³/mol. The van der Waals surface area contributed by atoms with Gasteiger partial charge < -0.3 is 14.5 Å². The van der Waals surface area contributed by atoms with Gasteiger partial charge in [0.2, 0.25) is 5.91 Å². The van der Waals surface area contributed by atoms with Gasteiger partial charge in [0.1, 0.15) is 5.69 Å². The van der Waals surface area contributed by atoms with Crippen molar-refractivity contribution in [3.05, 3.63) is 24.3 Å². The number of likely N-dealkylation sites (N-methyl/N-ethyl adjacent to an activating group) is 1. The zero-order valence-corrected chi connectivity index (χ0v) is 17.2. The second-order valence-corrected chi connectivity index (χ2v) is 8.40. The Morgan fingerprint density at radius 1 is 1.10 bits per heavy atom. The molecular weight excluding hydrogens is 370 g/mol. The smallest absolute Gasteiger partial charge is 0.273 e. The number of hydrogen-bond acceptors (Lipinski definition) is 6. The Morgan fingerprint density at radius 3 is 2.59 bits per heavy atom. The highest BCUT2D eigenvalue weighted by molar-refractivity contribution is 5.91. The van der Waals surface area contributed by atoms with E-state index in [-0.39, 0.29) is 11.8 Å². The summed E-state index contributed by atoms with van der Waals surface area (Å²) in [6, 6.07) is 0.811. The molecule has 1 aromatic heterocycles. The highest BCUT2D eigenvalue weighted by Gasteiger charge is 2.39. The Labute approximate surface area is 172 Å². The summed E-state index contributed by atoms with van der Waals surface area (Å²) in [6.07, 6.45) is 9.75. The third kappa shape index (κ3) is 4.93. The van der Waals surface area contributed by atoms with Gasteiger partial charge in [-0.25, -0.2) is 4.98 Å². The van der Waals surface area contributed by atoms with Gasteiger partial charge in [0.15, 0.2) is 0 Å². The molecule has 3 aliphatic rings. The number of amides is 2. The van der Waals surface area contributed by atoms with Crippen molar-refractivity contribution in [1.82, 2.24) is 24.7 Å². The van der Waals surface area contributed by atoms with Gasteiger partial charge in [-0.05, 0) is 32.1 Å². The molecule has 4 rings (SSSR count). The summed E-state index contributed by atoms with van der Waals surface area (Å²) in [7, 11) is 1.82. The normalized spacial score (nSPS) is 22.8. The van der Waals surface area contributed by atoms with Crippen LogP contribution in [-0.2, 0) is 9.53 Å². The number of ether oxygens (including phenoxy) is 1. The zero-order chi connectivity index (χ0) is 20.2. The van der Waals surface area contributed by atoms with Crippen LogP contribution in [0.4, 0.5) is 0 Å². The molecule has 1 atom stereocenters. The van der Waals surface area contributed by atoms with Crippen LogP contribution >= 0.6 is 0 Å². The minimum atomic E-state index is -0.109. The quantitative estimate of drug-likeness (QED) is 0.679. The molecule has 29 heavy (non-hydrogen) atoms. The molecule has 1 unspecified atom stereocenters. The zero-order valence-electron chi connectivity index (χ0n) is 17.2. The summed E-state index contributed by atoms with van der Waals surface area (Å²) in [4.78, 5) is 39.5. The molecule has 0 aromatic carbocycles. The number of nitrogens with zero attached hydrogens (tertiary/aromatic N) is 5.